The number of pyridine rings is 1. The maximum atomic E-state index is 13.5. The number of nitrogens with zero attached hydrogens (tertiary/aromatic N) is 3. The Labute approximate surface area is 188 Å². The number of sulfonamides is 1. The Morgan fingerprint density at radius 3 is 2.35 bits per heavy atom. The lowest BCUT2D eigenvalue weighted by Crippen LogP contribution is -2.45. The van der Waals surface area contributed by atoms with E-state index >= 15 is 0 Å². The first-order chi connectivity index (χ1) is 14.9. The summed E-state index contributed by atoms with van der Waals surface area (Å²) in [6, 6.07) is 16.9. The number of amides is 2. The first kappa shape index (κ1) is 21.4. The molecule has 0 bridgehead atoms. The highest BCUT2D eigenvalue weighted by Crippen LogP contribution is 2.31. The van der Waals surface area contributed by atoms with Crippen molar-refractivity contribution in [2.45, 2.75) is 23.9 Å². The molecular formula is C22H18BrN3O4S. The molecule has 0 saturated carbocycles. The number of hydrogen-bond donors (Lipinski definition) is 0. The third kappa shape index (κ3) is 4.30. The van der Waals surface area contributed by atoms with Gasteiger partial charge in [-0.3, -0.25) is 14.6 Å². The smallest absolute Gasteiger partial charge is 0.252 e. The number of anilines is 1. The predicted molar refractivity (Wildman–Crippen MR) is 118 cm³/mol. The molecule has 9 heteroatoms. The fraction of sp³-hybridized carbons (Fsp3) is 0.136. The summed E-state index contributed by atoms with van der Waals surface area (Å²) in [5.41, 5.74) is 1.02. The normalized spacial score (nSPS) is 16.8. The monoisotopic (exact) mass is 499 g/mol. The molecule has 1 atom stereocenters. The number of rotatable bonds is 6. The summed E-state index contributed by atoms with van der Waals surface area (Å²) < 4.78 is 28.9. The standard InChI is InChI=1S/C22H18BrN3O4S/c23-17-8-10-18(11-9-17)26-21(27)13-20(22(26)28)25(15-16-5-4-12-24-14-16)31(29,30)19-6-2-1-3-7-19/h1-12,14,20H,13,15H2. The Morgan fingerprint density at radius 2 is 1.71 bits per heavy atom. The van der Waals surface area contributed by atoms with E-state index in [2.05, 4.69) is 20.9 Å². The van der Waals surface area contributed by atoms with Crippen LogP contribution in [0, 0.1) is 0 Å². The molecule has 31 heavy (non-hydrogen) atoms. The van der Waals surface area contributed by atoms with Crippen molar-refractivity contribution in [3.63, 3.8) is 0 Å². The number of halogens is 1. The fourth-order valence-corrected chi connectivity index (χ4v) is 5.32. The van der Waals surface area contributed by atoms with Crippen LogP contribution in [0.5, 0.6) is 0 Å². The zero-order valence-corrected chi connectivity index (χ0v) is 18.7. The van der Waals surface area contributed by atoms with Crippen LogP contribution in [0.4, 0.5) is 5.69 Å². The van der Waals surface area contributed by atoms with Crippen LogP contribution < -0.4 is 4.90 Å². The highest BCUT2D eigenvalue weighted by Gasteiger charge is 2.46. The molecule has 1 fully saturated rings. The van der Waals surface area contributed by atoms with Crippen molar-refractivity contribution in [3.8, 4) is 0 Å². The minimum atomic E-state index is -4.05. The number of hydrogen-bond acceptors (Lipinski definition) is 5. The summed E-state index contributed by atoms with van der Waals surface area (Å²) >= 11 is 3.33. The first-order valence-corrected chi connectivity index (χ1v) is 11.7. The molecule has 7 nitrogen and oxygen atoms in total. The molecule has 2 amide bonds. The van der Waals surface area contributed by atoms with Crippen molar-refractivity contribution in [1.29, 1.82) is 0 Å². The van der Waals surface area contributed by atoms with Crippen molar-refractivity contribution >= 4 is 43.5 Å². The van der Waals surface area contributed by atoms with Gasteiger partial charge in [0.1, 0.15) is 6.04 Å². The van der Waals surface area contributed by atoms with Crippen LogP contribution in [0.2, 0.25) is 0 Å². The second-order valence-corrected chi connectivity index (χ2v) is 9.79. The van der Waals surface area contributed by atoms with E-state index in [0.717, 1.165) is 13.7 Å². The van der Waals surface area contributed by atoms with Crippen molar-refractivity contribution in [2.75, 3.05) is 4.90 Å². The fourth-order valence-electron chi connectivity index (χ4n) is 3.46. The van der Waals surface area contributed by atoms with Gasteiger partial charge in [0.2, 0.25) is 15.9 Å². The van der Waals surface area contributed by atoms with Crippen LogP contribution in [-0.2, 0) is 26.2 Å². The molecule has 3 aromatic rings. The van der Waals surface area contributed by atoms with Gasteiger partial charge < -0.3 is 0 Å². The predicted octanol–water partition coefficient (Wildman–Crippen LogP) is 3.37. The molecule has 2 heterocycles. The van der Waals surface area contributed by atoms with Gasteiger partial charge in [-0.1, -0.05) is 40.2 Å². The van der Waals surface area contributed by atoms with E-state index < -0.39 is 27.9 Å². The molecule has 0 aliphatic carbocycles. The number of imide groups is 1. The largest absolute Gasteiger partial charge is 0.274 e. The second-order valence-electron chi connectivity index (χ2n) is 6.99. The Kier molecular flexibility index (Phi) is 5.99. The molecule has 4 rings (SSSR count). The number of aromatic nitrogens is 1. The van der Waals surface area contributed by atoms with Gasteiger partial charge in [0, 0.05) is 23.4 Å². The Balaban J connectivity index is 1.74. The van der Waals surface area contributed by atoms with Crippen molar-refractivity contribution < 1.29 is 18.0 Å². The zero-order chi connectivity index (χ0) is 22.0. The van der Waals surface area contributed by atoms with Gasteiger partial charge in [-0.15, -0.1) is 0 Å². The third-order valence-electron chi connectivity index (χ3n) is 4.97. The lowest BCUT2D eigenvalue weighted by Gasteiger charge is -2.27. The first-order valence-electron chi connectivity index (χ1n) is 9.46. The van der Waals surface area contributed by atoms with Gasteiger partial charge in [0.05, 0.1) is 17.0 Å². The van der Waals surface area contributed by atoms with Crippen molar-refractivity contribution in [1.82, 2.24) is 9.29 Å². The van der Waals surface area contributed by atoms with Gasteiger partial charge in [-0.05, 0) is 48.0 Å². The van der Waals surface area contributed by atoms with Crippen LogP contribution in [0.25, 0.3) is 0 Å². The zero-order valence-electron chi connectivity index (χ0n) is 16.3. The van der Waals surface area contributed by atoms with Crippen molar-refractivity contribution in [2.24, 2.45) is 0 Å². The lowest BCUT2D eigenvalue weighted by molar-refractivity contribution is -0.122. The molecule has 0 N–H and O–H groups in total. The van der Waals surface area contributed by atoms with Crippen LogP contribution in [0.3, 0.4) is 0 Å². The van der Waals surface area contributed by atoms with Crippen LogP contribution in [0.1, 0.15) is 12.0 Å². The van der Waals surface area contributed by atoms with E-state index in [1.807, 2.05) is 0 Å². The number of benzene rings is 2. The van der Waals surface area contributed by atoms with Gasteiger partial charge in [-0.2, -0.15) is 4.31 Å². The Morgan fingerprint density at radius 1 is 1.00 bits per heavy atom. The minimum absolute atomic E-state index is 0.0567. The summed E-state index contributed by atoms with van der Waals surface area (Å²) in [5, 5.41) is 0. The SMILES string of the molecule is O=C1CC(N(Cc2cccnc2)S(=O)(=O)c2ccccc2)C(=O)N1c1ccc(Br)cc1. The summed E-state index contributed by atoms with van der Waals surface area (Å²) in [5.74, 6) is -1.02. The van der Waals surface area contributed by atoms with Crippen LogP contribution >= 0.6 is 15.9 Å². The third-order valence-corrected chi connectivity index (χ3v) is 7.36. The van der Waals surface area contributed by atoms with E-state index in [9.17, 15) is 18.0 Å². The van der Waals surface area contributed by atoms with Crippen LogP contribution in [0.15, 0.2) is 88.5 Å². The summed E-state index contributed by atoms with van der Waals surface area (Å²) in [4.78, 5) is 31.2. The average Bonchev–Trinajstić information content (AvgIpc) is 3.07. The quantitative estimate of drug-likeness (QED) is 0.485. The summed E-state index contributed by atoms with van der Waals surface area (Å²) in [7, 11) is -4.05. The van der Waals surface area contributed by atoms with Gasteiger partial charge >= 0.3 is 0 Å². The minimum Gasteiger partial charge on any atom is -0.274 e. The maximum Gasteiger partial charge on any atom is 0.252 e. The highest BCUT2D eigenvalue weighted by molar-refractivity contribution is 9.10. The molecule has 2 aromatic carbocycles. The average molecular weight is 500 g/mol. The lowest BCUT2D eigenvalue weighted by atomic mass is 10.2. The van der Waals surface area contributed by atoms with Crippen molar-refractivity contribution in [3.05, 3.63) is 89.2 Å². The topological polar surface area (TPSA) is 87.6 Å². The summed E-state index contributed by atoms with van der Waals surface area (Å²) in [6.45, 7) is -0.0804. The molecule has 1 aliphatic rings. The van der Waals surface area contributed by atoms with E-state index in [-0.39, 0.29) is 17.9 Å². The van der Waals surface area contributed by atoms with Gasteiger partial charge in [0.25, 0.3) is 5.91 Å². The van der Waals surface area contributed by atoms with E-state index in [1.165, 1.54) is 12.1 Å². The van der Waals surface area contributed by atoms with E-state index in [0.29, 0.717) is 11.3 Å². The van der Waals surface area contributed by atoms with E-state index in [4.69, 9.17) is 0 Å². The molecule has 1 aromatic heterocycles. The molecule has 1 unspecified atom stereocenters. The number of carbonyl (C=O) groups is 2. The highest BCUT2D eigenvalue weighted by atomic mass is 79.9. The van der Waals surface area contributed by atoms with Crippen LogP contribution in [-0.4, -0.2) is 35.6 Å². The maximum absolute atomic E-state index is 13.5. The van der Waals surface area contributed by atoms with Gasteiger partial charge in [-0.25, -0.2) is 13.3 Å². The molecule has 1 saturated heterocycles. The molecule has 158 valence electrons. The van der Waals surface area contributed by atoms with Gasteiger partial charge in [0.15, 0.2) is 0 Å². The molecule has 1 aliphatic heterocycles. The second kappa shape index (κ2) is 8.70. The summed E-state index contributed by atoms with van der Waals surface area (Å²) in [6.07, 6.45) is 2.89. The Hall–Kier alpha value is -2.88. The Bertz CT molecular complexity index is 1200. The molecular weight excluding hydrogens is 482 g/mol. The molecule has 0 spiro atoms. The van der Waals surface area contributed by atoms with E-state index in [1.54, 1.807) is 67.0 Å². The molecule has 0 radical (unpaired) electrons. The number of carbonyl (C=O) groups excluding carboxylic acids is 2.